The van der Waals surface area contributed by atoms with Crippen LogP contribution in [-0.4, -0.2) is 27.7 Å². The fourth-order valence-corrected chi connectivity index (χ4v) is 2.78. The Morgan fingerprint density at radius 1 is 1.18 bits per heavy atom. The van der Waals surface area contributed by atoms with E-state index in [0.29, 0.717) is 29.3 Å². The summed E-state index contributed by atoms with van der Waals surface area (Å²) in [6.45, 7) is 4.61. The smallest absolute Gasteiger partial charge is 0.216 e. The van der Waals surface area contributed by atoms with E-state index in [1.54, 1.807) is 23.0 Å². The lowest BCUT2D eigenvalue weighted by Crippen LogP contribution is -2.01. The second-order valence-corrected chi connectivity index (χ2v) is 6.30. The average molecular weight is 400 g/mol. The molecule has 3 rings (SSSR count). The van der Waals surface area contributed by atoms with Crippen LogP contribution in [-0.2, 0) is 13.0 Å². The number of aromatic amines is 1. The zero-order chi connectivity index (χ0) is 19.9. The summed E-state index contributed by atoms with van der Waals surface area (Å²) in [6.07, 6.45) is 2.39. The van der Waals surface area contributed by atoms with Gasteiger partial charge in [0.05, 0.1) is 12.8 Å². The van der Waals surface area contributed by atoms with Crippen molar-refractivity contribution in [3.8, 4) is 11.5 Å². The molecule has 0 fully saturated rings. The molecule has 0 aliphatic rings. The Kier molecular flexibility index (Phi) is 6.54. The second kappa shape index (κ2) is 9.27. The Morgan fingerprint density at radius 2 is 2.04 bits per heavy atom. The molecular weight excluding hydrogens is 379 g/mol. The molecule has 1 aromatic heterocycles. The molecule has 8 heteroatoms. The van der Waals surface area contributed by atoms with Gasteiger partial charge in [0.2, 0.25) is 4.77 Å². The Balaban J connectivity index is 1.79. The molecule has 3 aromatic rings. The van der Waals surface area contributed by atoms with Crippen LogP contribution in [0.1, 0.15) is 30.8 Å². The summed E-state index contributed by atoms with van der Waals surface area (Å²) >= 11 is 5.19. The first-order valence-corrected chi connectivity index (χ1v) is 9.36. The molecule has 0 radical (unpaired) electrons. The van der Waals surface area contributed by atoms with Gasteiger partial charge in [0.15, 0.2) is 17.3 Å². The Labute approximate surface area is 167 Å². The molecule has 28 heavy (non-hydrogen) atoms. The molecule has 0 aliphatic carbocycles. The van der Waals surface area contributed by atoms with Crippen LogP contribution in [0.4, 0.5) is 4.39 Å². The molecule has 0 amide bonds. The number of benzene rings is 2. The van der Waals surface area contributed by atoms with Crippen molar-refractivity contribution in [3.63, 3.8) is 0 Å². The van der Waals surface area contributed by atoms with Crippen molar-refractivity contribution in [1.82, 2.24) is 14.9 Å². The molecule has 0 bridgehead atoms. The maximum absolute atomic E-state index is 13.3. The maximum Gasteiger partial charge on any atom is 0.216 e. The lowest BCUT2D eigenvalue weighted by Gasteiger charge is -2.12. The van der Waals surface area contributed by atoms with E-state index in [0.717, 1.165) is 17.0 Å². The normalized spacial score (nSPS) is 11.1. The van der Waals surface area contributed by atoms with Gasteiger partial charge in [0, 0.05) is 6.42 Å². The molecule has 0 unspecified atom stereocenters. The van der Waals surface area contributed by atoms with E-state index in [-0.39, 0.29) is 12.4 Å². The van der Waals surface area contributed by atoms with E-state index in [1.807, 2.05) is 32.0 Å². The third-order valence-electron chi connectivity index (χ3n) is 3.91. The number of ether oxygens (including phenoxy) is 2. The van der Waals surface area contributed by atoms with Gasteiger partial charge in [-0.15, -0.1) is 0 Å². The van der Waals surface area contributed by atoms with E-state index in [9.17, 15) is 4.39 Å². The van der Waals surface area contributed by atoms with Gasteiger partial charge in [-0.25, -0.2) is 4.39 Å². The van der Waals surface area contributed by atoms with E-state index < -0.39 is 0 Å². The average Bonchev–Trinajstić information content (AvgIpc) is 3.05. The van der Waals surface area contributed by atoms with Crippen molar-refractivity contribution >= 4 is 18.4 Å². The van der Waals surface area contributed by atoms with Crippen molar-refractivity contribution in [1.29, 1.82) is 0 Å². The van der Waals surface area contributed by atoms with Crippen molar-refractivity contribution in [2.75, 3.05) is 6.61 Å². The van der Waals surface area contributed by atoms with Gasteiger partial charge in [-0.2, -0.15) is 14.9 Å². The summed E-state index contributed by atoms with van der Waals surface area (Å²) in [5.41, 5.74) is 1.57. The van der Waals surface area contributed by atoms with Gasteiger partial charge < -0.3 is 9.47 Å². The molecule has 0 saturated carbocycles. The summed E-state index contributed by atoms with van der Waals surface area (Å²) < 4.78 is 26.9. The van der Waals surface area contributed by atoms with Crippen LogP contribution < -0.4 is 9.47 Å². The molecule has 0 aliphatic heterocycles. The Morgan fingerprint density at radius 3 is 2.79 bits per heavy atom. The van der Waals surface area contributed by atoms with Crippen LogP contribution in [0.2, 0.25) is 0 Å². The van der Waals surface area contributed by atoms with Crippen LogP contribution in [0.15, 0.2) is 47.6 Å². The fraction of sp³-hybridized carbons (Fsp3) is 0.250. The first kappa shape index (κ1) is 19.8. The van der Waals surface area contributed by atoms with Crippen molar-refractivity contribution in [2.24, 2.45) is 5.10 Å². The number of halogens is 1. The monoisotopic (exact) mass is 400 g/mol. The number of aryl methyl sites for hydroxylation is 1. The molecule has 0 saturated heterocycles. The van der Waals surface area contributed by atoms with Gasteiger partial charge in [-0.3, -0.25) is 5.10 Å². The standard InChI is InChI=1S/C20H21FN4O2S/c1-3-19-23-24-20(28)25(19)22-12-14-8-9-17(18(11-14)26-4-2)27-13-15-6-5-7-16(21)10-15/h5-12H,3-4,13H2,1-2H3,(H,24,28)/b22-12-. The number of aromatic nitrogens is 3. The van der Waals surface area contributed by atoms with Gasteiger partial charge in [0.1, 0.15) is 12.4 Å². The summed E-state index contributed by atoms with van der Waals surface area (Å²) in [4.78, 5) is 0. The van der Waals surface area contributed by atoms with E-state index in [4.69, 9.17) is 21.7 Å². The molecule has 1 heterocycles. The predicted octanol–water partition coefficient (Wildman–Crippen LogP) is 4.50. The number of H-pyrrole nitrogens is 1. The summed E-state index contributed by atoms with van der Waals surface area (Å²) in [6, 6.07) is 11.8. The molecular formula is C20H21FN4O2S. The number of nitrogens with one attached hydrogen (secondary N) is 1. The SMILES string of the molecule is CCOc1cc(/C=N\n2c(CC)n[nH]c2=S)ccc1OCc1cccc(F)c1. The lowest BCUT2D eigenvalue weighted by molar-refractivity contribution is 0.269. The van der Waals surface area contributed by atoms with Crippen LogP contribution in [0.3, 0.4) is 0 Å². The topological polar surface area (TPSA) is 64.4 Å². The van der Waals surface area contributed by atoms with Gasteiger partial charge in [-0.05, 0) is 60.6 Å². The quantitative estimate of drug-likeness (QED) is 0.447. The summed E-state index contributed by atoms with van der Waals surface area (Å²) in [5.74, 6) is 1.63. The zero-order valence-electron chi connectivity index (χ0n) is 15.7. The highest BCUT2D eigenvalue weighted by Gasteiger charge is 2.08. The van der Waals surface area contributed by atoms with E-state index in [1.165, 1.54) is 12.1 Å². The van der Waals surface area contributed by atoms with Gasteiger partial charge in [-0.1, -0.05) is 19.1 Å². The molecule has 1 N–H and O–H groups in total. The van der Waals surface area contributed by atoms with E-state index >= 15 is 0 Å². The number of nitrogens with zero attached hydrogens (tertiary/aromatic N) is 3. The summed E-state index contributed by atoms with van der Waals surface area (Å²) in [5, 5.41) is 11.3. The minimum Gasteiger partial charge on any atom is -0.490 e. The summed E-state index contributed by atoms with van der Waals surface area (Å²) in [7, 11) is 0. The molecule has 6 nitrogen and oxygen atoms in total. The largest absolute Gasteiger partial charge is 0.490 e. The minimum atomic E-state index is -0.290. The van der Waals surface area contributed by atoms with Crippen LogP contribution in [0.25, 0.3) is 0 Å². The molecule has 0 atom stereocenters. The third-order valence-corrected chi connectivity index (χ3v) is 4.17. The fourth-order valence-electron chi connectivity index (χ4n) is 2.58. The van der Waals surface area contributed by atoms with Gasteiger partial charge in [0.25, 0.3) is 0 Å². The minimum absolute atomic E-state index is 0.245. The van der Waals surface area contributed by atoms with Crippen LogP contribution >= 0.6 is 12.2 Å². The Bertz CT molecular complexity index is 1030. The maximum atomic E-state index is 13.3. The van der Waals surface area contributed by atoms with E-state index in [2.05, 4.69) is 15.3 Å². The molecule has 146 valence electrons. The van der Waals surface area contributed by atoms with Crippen molar-refractivity contribution < 1.29 is 13.9 Å². The van der Waals surface area contributed by atoms with Crippen LogP contribution in [0.5, 0.6) is 11.5 Å². The zero-order valence-corrected chi connectivity index (χ0v) is 16.5. The molecule has 0 spiro atoms. The lowest BCUT2D eigenvalue weighted by atomic mass is 10.2. The highest BCUT2D eigenvalue weighted by atomic mass is 32.1. The van der Waals surface area contributed by atoms with Crippen molar-refractivity contribution in [3.05, 3.63) is 70.0 Å². The molecule has 2 aromatic carbocycles. The first-order chi connectivity index (χ1) is 13.6. The second-order valence-electron chi connectivity index (χ2n) is 5.91. The highest BCUT2D eigenvalue weighted by molar-refractivity contribution is 7.71. The third kappa shape index (κ3) is 4.83. The number of hydrogen-bond acceptors (Lipinski definition) is 5. The predicted molar refractivity (Wildman–Crippen MR) is 108 cm³/mol. The van der Waals surface area contributed by atoms with Gasteiger partial charge >= 0.3 is 0 Å². The highest BCUT2D eigenvalue weighted by Crippen LogP contribution is 2.29. The van der Waals surface area contributed by atoms with Crippen LogP contribution in [0, 0.1) is 10.6 Å². The first-order valence-electron chi connectivity index (χ1n) is 8.95. The number of rotatable bonds is 8. The van der Waals surface area contributed by atoms with Crippen molar-refractivity contribution in [2.45, 2.75) is 26.9 Å². The number of hydrogen-bond donors (Lipinski definition) is 1. The Hall–Kier alpha value is -3.00.